The van der Waals surface area contributed by atoms with Crippen LogP contribution in [0.4, 0.5) is 0 Å². The Morgan fingerprint density at radius 1 is 0.448 bits per heavy atom. The van der Waals surface area contributed by atoms with E-state index in [2.05, 4.69) is 43.5 Å². The molecule has 0 saturated heterocycles. The first kappa shape index (κ1) is 56.6. The van der Waals surface area contributed by atoms with Gasteiger partial charge in [-0.3, -0.25) is 4.79 Å². The van der Waals surface area contributed by atoms with Crippen molar-refractivity contribution in [1.82, 2.24) is 5.32 Å². The molecule has 342 valence electrons. The SMILES string of the molecule is CCCCCCCCCCC/C=C\C/C=C\CCCCCCCCCCCCCCCCCC(O)CC(=O)NC(CO)C(O)/C=C/CCCCCCCCCCCC. The largest absolute Gasteiger partial charge is 0.394 e. The Kier molecular flexibility index (Phi) is 47.0. The summed E-state index contributed by atoms with van der Waals surface area (Å²) in [6, 6.07) is -0.742. The van der Waals surface area contributed by atoms with E-state index in [0.717, 1.165) is 32.1 Å². The van der Waals surface area contributed by atoms with Crippen molar-refractivity contribution >= 4 is 5.91 Å². The summed E-state index contributed by atoms with van der Waals surface area (Å²) in [5.74, 6) is -0.315. The Labute approximate surface area is 362 Å². The summed E-state index contributed by atoms with van der Waals surface area (Å²) in [4.78, 5) is 12.5. The minimum Gasteiger partial charge on any atom is -0.394 e. The van der Waals surface area contributed by atoms with E-state index in [0.29, 0.717) is 6.42 Å². The summed E-state index contributed by atoms with van der Waals surface area (Å²) in [6.07, 6.45) is 61.8. The molecule has 0 aliphatic rings. The monoisotopic (exact) mass is 816 g/mol. The normalized spacial score (nSPS) is 13.7. The van der Waals surface area contributed by atoms with Gasteiger partial charge in [-0.05, 0) is 51.4 Å². The van der Waals surface area contributed by atoms with Gasteiger partial charge in [-0.25, -0.2) is 0 Å². The summed E-state index contributed by atoms with van der Waals surface area (Å²) in [5.41, 5.74) is 0. The first-order valence-electron chi connectivity index (χ1n) is 25.8. The van der Waals surface area contributed by atoms with E-state index in [1.165, 1.54) is 212 Å². The van der Waals surface area contributed by atoms with Gasteiger partial charge in [-0.15, -0.1) is 0 Å². The molecule has 0 radical (unpaired) electrons. The van der Waals surface area contributed by atoms with Gasteiger partial charge in [0.2, 0.25) is 5.91 Å². The van der Waals surface area contributed by atoms with Crippen LogP contribution in [0.3, 0.4) is 0 Å². The van der Waals surface area contributed by atoms with Crippen LogP contribution in [0.2, 0.25) is 0 Å². The molecule has 0 spiro atoms. The molecule has 0 saturated carbocycles. The molecule has 0 heterocycles. The van der Waals surface area contributed by atoms with Gasteiger partial charge in [0.05, 0.1) is 31.3 Å². The second-order valence-corrected chi connectivity index (χ2v) is 17.8. The van der Waals surface area contributed by atoms with Crippen molar-refractivity contribution in [2.24, 2.45) is 0 Å². The number of aliphatic hydroxyl groups is 3. The van der Waals surface area contributed by atoms with Crippen LogP contribution in [0.15, 0.2) is 36.5 Å². The Balaban J connectivity index is 3.52. The first-order chi connectivity index (χ1) is 28.5. The number of amides is 1. The fourth-order valence-electron chi connectivity index (χ4n) is 7.96. The molecule has 0 aliphatic carbocycles. The van der Waals surface area contributed by atoms with Crippen LogP contribution in [-0.4, -0.2) is 46.1 Å². The molecule has 3 unspecified atom stereocenters. The lowest BCUT2D eigenvalue weighted by molar-refractivity contribution is -0.124. The molecular formula is C53H101NO4. The smallest absolute Gasteiger partial charge is 0.222 e. The van der Waals surface area contributed by atoms with Crippen LogP contribution in [-0.2, 0) is 4.79 Å². The van der Waals surface area contributed by atoms with Gasteiger partial charge in [-0.1, -0.05) is 249 Å². The molecule has 58 heavy (non-hydrogen) atoms. The van der Waals surface area contributed by atoms with E-state index in [1.807, 2.05) is 6.08 Å². The van der Waals surface area contributed by atoms with Crippen LogP contribution in [0.5, 0.6) is 0 Å². The molecule has 1 amide bonds. The molecule has 0 rings (SSSR count). The Morgan fingerprint density at radius 3 is 1.14 bits per heavy atom. The number of nitrogens with one attached hydrogen (secondary N) is 1. The second-order valence-electron chi connectivity index (χ2n) is 17.8. The Morgan fingerprint density at radius 2 is 0.776 bits per heavy atom. The van der Waals surface area contributed by atoms with Crippen molar-refractivity contribution in [1.29, 1.82) is 0 Å². The number of aliphatic hydroxyl groups excluding tert-OH is 3. The average molecular weight is 816 g/mol. The standard InChI is InChI=1S/C53H101NO4/c1-3-5-7-9-11-13-15-17-18-19-20-21-22-23-24-25-26-27-28-29-30-31-32-33-34-35-36-38-40-42-44-46-50(56)48-53(58)54-51(49-55)52(57)47-45-43-41-39-37-16-14-12-10-8-6-4-2/h20-21,23-24,45,47,50-52,55-57H,3-19,22,25-44,46,48-49H2,1-2H3,(H,54,58)/b21-20-,24-23-,47-45+. The van der Waals surface area contributed by atoms with E-state index in [1.54, 1.807) is 6.08 Å². The number of carbonyl (C=O) groups excluding carboxylic acids is 1. The lowest BCUT2D eigenvalue weighted by Gasteiger charge is -2.21. The zero-order valence-electron chi connectivity index (χ0n) is 38.9. The number of rotatable bonds is 47. The molecule has 0 aromatic heterocycles. The van der Waals surface area contributed by atoms with Gasteiger partial charge in [0, 0.05) is 0 Å². The molecule has 0 aliphatic heterocycles. The number of hydrogen-bond donors (Lipinski definition) is 4. The molecule has 0 aromatic rings. The van der Waals surface area contributed by atoms with Crippen molar-refractivity contribution in [3.8, 4) is 0 Å². The maximum Gasteiger partial charge on any atom is 0.222 e. The maximum absolute atomic E-state index is 12.5. The van der Waals surface area contributed by atoms with E-state index in [9.17, 15) is 20.1 Å². The van der Waals surface area contributed by atoms with Gasteiger partial charge < -0.3 is 20.6 Å². The zero-order chi connectivity index (χ0) is 42.3. The molecule has 5 nitrogen and oxygen atoms in total. The highest BCUT2D eigenvalue weighted by molar-refractivity contribution is 5.76. The van der Waals surface area contributed by atoms with Crippen molar-refractivity contribution in [2.45, 2.75) is 289 Å². The lowest BCUT2D eigenvalue weighted by atomic mass is 10.0. The molecule has 4 N–H and O–H groups in total. The highest BCUT2D eigenvalue weighted by Crippen LogP contribution is 2.16. The van der Waals surface area contributed by atoms with E-state index >= 15 is 0 Å². The molecule has 0 aromatic carbocycles. The van der Waals surface area contributed by atoms with Gasteiger partial charge in [-0.2, -0.15) is 0 Å². The topological polar surface area (TPSA) is 89.8 Å². The number of carbonyl (C=O) groups is 1. The Bertz CT molecular complexity index is 901. The van der Waals surface area contributed by atoms with E-state index in [-0.39, 0.29) is 18.9 Å². The predicted octanol–water partition coefficient (Wildman–Crippen LogP) is 15.5. The fraction of sp³-hybridized carbons (Fsp3) is 0.868. The van der Waals surface area contributed by atoms with E-state index < -0.39 is 18.2 Å². The summed E-state index contributed by atoms with van der Waals surface area (Å²) in [7, 11) is 0. The minimum atomic E-state index is -0.927. The quantitative estimate of drug-likeness (QED) is 0.0364. The maximum atomic E-state index is 12.5. The first-order valence-corrected chi connectivity index (χ1v) is 25.8. The summed E-state index contributed by atoms with van der Waals surface area (Å²) >= 11 is 0. The third kappa shape index (κ3) is 44.1. The minimum absolute atomic E-state index is 0.0148. The number of unbranched alkanes of at least 4 members (excludes halogenated alkanes) is 34. The molecule has 0 fully saturated rings. The van der Waals surface area contributed by atoms with Crippen LogP contribution in [0.25, 0.3) is 0 Å². The molecule has 5 heteroatoms. The third-order valence-corrected chi connectivity index (χ3v) is 11.9. The van der Waals surface area contributed by atoms with Gasteiger partial charge in [0.15, 0.2) is 0 Å². The summed E-state index contributed by atoms with van der Waals surface area (Å²) in [5, 5.41) is 33.3. The highest BCUT2D eigenvalue weighted by Gasteiger charge is 2.20. The molecular weight excluding hydrogens is 715 g/mol. The third-order valence-electron chi connectivity index (χ3n) is 11.9. The van der Waals surface area contributed by atoms with Crippen LogP contribution < -0.4 is 5.32 Å². The van der Waals surface area contributed by atoms with Gasteiger partial charge in [0.1, 0.15) is 0 Å². The highest BCUT2D eigenvalue weighted by atomic mass is 16.3. The van der Waals surface area contributed by atoms with E-state index in [4.69, 9.17) is 0 Å². The number of allylic oxidation sites excluding steroid dienone is 5. The molecule has 0 bridgehead atoms. The van der Waals surface area contributed by atoms with Crippen molar-refractivity contribution in [3.05, 3.63) is 36.5 Å². The van der Waals surface area contributed by atoms with Crippen LogP contribution >= 0.6 is 0 Å². The lowest BCUT2D eigenvalue weighted by Crippen LogP contribution is -2.45. The van der Waals surface area contributed by atoms with Crippen LogP contribution in [0, 0.1) is 0 Å². The average Bonchev–Trinajstić information content (AvgIpc) is 3.22. The van der Waals surface area contributed by atoms with Crippen LogP contribution in [0.1, 0.15) is 271 Å². The fourth-order valence-corrected chi connectivity index (χ4v) is 7.96. The number of hydrogen-bond acceptors (Lipinski definition) is 4. The molecule has 3 atom stereocenters. The van der Waals surface area contributed by atoms with Crippen molar-refractivity contribution in [3.63, 3.8) is 0 Å². The van der Waals surface area contributed by atoms with Crippen molar-refractivity contribution in [2.75, 3.05) is 6.61 Å². The van der Waals surface area contributed by atoms with Crippen molar-refractivity contribution < 1.29 is 20.1 Å². The second kappa shape index (κ2) is 48.2. The predicted molar refractivity (Wildman–Crippen MR) is 254 cm³/mol. The van der Waals surface area contributed by atoms with Gasteiger partial charge >= 0.3 is 0 Å². The summed E-state index contributed by atoms with van der Waals surface area (Å²) in [6.45, 7) is 4.21. The Hall–Kier alpha value is -1.43. The zero-order valence-corrected chi connectivity index (χ0v) is 38.9. The van der Waals surface area contributed by atoms with Gasteiger partial charge in [0.25, 0.3) is 0 Å². The summed E-state index contributed by atoms with van der Waals surface area (Å²) < 4.78 is 0.